The van der Waals surface area contributed by atoms with Crippen molar-refractivity contribution in [3.63, 3.8) is 0 Å². The molecule has 3 nitrogen and oxygen atoms in total. The lowest BCUT2D eigenvalue weighted by Crippen LogP contribution is -2.13. The summed E-state index contributed by atoms with van der Waals surface area (Å²) in [6.07, 6.45) is 0.949. The molecule has 0 saturated carbocycles. The molecule has 0 amide bonds. The van der Waals surface area contributed by atoms with Crippen LogP contribution in [-0.4, -0.2) is 8.42 Å². The molecule has 0 radical (unpaired) electrons. The maximum atomic E-state index is 12.5. The van der Waals surface area contributed by atoms with Crippen molar-refractivity contribution in [1.82, 2.24) is 0 Å². The van der Waals surface area contributed by atoms with E-state index in [2.05, 4.69) is 18.6 Å². The topological polar surface area (TPSA) is 46.2 Å². The summed E-state index contributed by atoms with van der Waals surface area (Å²) in [6.45, 7) is 8.17. The van der Waals surface area contributed by atoms with Crippen LogP contribution in [0.2, 0.25) is 0 Å². The van der Waals surface area contributed by atoms with Gasteiger partial charge in [-0.1, -0.05) is 43.7 Å². The van der Waals surface area contributed by atoms with Gasteiger partial charge in [-0.05, 0) is 55.5 Å². The third-order valence-corrected chi connectivity index (χ3v) is 4.89. The van der Waals surface area contributed by atoms with Gasteiger partial charge in [0.25, 0.3) is 10.0 Å². The number of rotatable bonds is 5. The van der Waals surface area contributed by atoms with E-state index in [4.69, 9.17) is 0 Å². The van der Waals surface area contributed by atoms with Crippen molar-refractivity contribution < 1.29 is 8.42 Å². The van der Waals surface area contributed by atoms with Gasteiger partial charge in [-0.15, -0.1) is 0 Å². The second kappa shape index (κ2) is 6.53. The van der Waals surface area contributed by atoms with Gasteiger partial charge < -0.3 is 0 Å². The number of aryl methyl sites for hydroxylation is 2. The molecule has 0 fully saturated rings. The molecule has 0 aliphatic carbocycles. The van der Waals surface area contributed by atoms with E-state index < -0.39 is 10.0 Å². The molecule has 0 bridgehead atoms. The second-order valence-electron chi connectivity index (χ2n) is 6.17. The van der Waals surface area contributed by atoms with Crippen LogP contribution in [0.3, 0.4) is 0 Å². The van der Waals surface area contributed by atoms with Gasteiger partial charge in [0, 0.05) is 0 Å². The largest absolute Gasteiger partial charge is 0.279 e. The summed E-state index contributed by atoms with van der Waals surface area (Å²) < 4.78 is 27.6. The van der Waals surface area contributed by atoms with Crippen LogP contribution in [-0.2, 0) is 16.4 Å². The highest BCUT2D eigenvalue weighted by atomic mass is 32.2. The quantitative estimate of drug-likeness (QED) is 0.893. The van der Waals surface area contributed by atoms with Gasteiger partial charge in [-0.3, -0.25) is 4.72 Å². The fraction of sp³-hybridized carbons (Fsp3) is 0.333. The average molecular weight is 317 g/mol. The van der Waals surface area contributed by atoms with Crippen molar-refractivity contribution in [2.45, 2.75) is 39.0 Å². The molecule has 0 spiro atoms. The Kier molecular flexibility index (Phi) is 4.91. The molecule has 4 heteroatoms. The molecule has 2 aromatic carbocycles. The minimum absolute atomic E-state index is 0.292. The van der Waals surface area contributed by atoms with Gasteiger partial charge in [-0.25, -0.2) is 8.42 Å². The molecule has 0 unspecified atom stereocenters. The predicted molar refractivity (Wildman–Crippen MR) is 91.7 cm³/mol. The minimum atomic E-state index is -3.54. The van der Waals surface area contributed by atoms with Crippen molar-refractivity contribution in [2.75, 3.05) is 4.72 Å². The Labute approximate surface area is 133 Å². The zero-order valence-corrected chi connectivity index (χ0v) is 14.4. The van der Waals surface area contributed by atoms with E-state index in [9.17, 15) is 8.42 Å². The van der Waals surface area contributed by atoms with Gasteiger partial charge in [0.15, 0.2) is 0 Å². The summed E-state index contributed by atoms with van der Waals surface area (Å²) >= 11 is 0. The van der Waals surface area contributed by atoms with Crippen molar-refractivity contribution in [2.24, 2.45) is 5.92 Å². The number of anilines is 1. The molecular formula is C18H23NO2S. The standard InChI is InChI=1S/C18H23NO2S/c1-13(2)11-16-6-8-17(9-7-16)22(20,21)19-18-10-5-14(3)12-15(18)4/h5-10,12-13,19H,11H2,1-4H3. The Morgan fingerprint density at radius 2 is 1.64 bits per heavy atom. The minimum Gasteiger partial charge on any atom is -0.279 e. The zero-order chi connectivity index (χ0) is 16.3. The van der Waals surface area contributed by atoms with Crippen LogP contribution in [0.25, 0.3) is 0 Å². The number of sulfonamides is 1. The molecule has 1 N–H and O–H groups in total. The van der Waals surface area contributed by atoms with Gasteiger partial charge in [0.2, 0.25) is 0 Å². The van der Waals surface area contributed by atoms with Gasteiger partial charge in [0.1, 0.15) is 0 Å². The molecule has 0 saturated heterocycles. The highest BCUT2D eigenvalue weighted by Gasteiger charge is 2.15. The van der Waals surface area contributed by atoms with E-state index >= 15 is 0 Å². The fourth-order valence-corrected chi connectivity index (χ4v) is 3.54. The summed E-state index contributed by atoms with van der Waals surface area (Å²) in [5.74, 6) is 0.552. The van der Waals surface area contributed by atoms with Crippen LogP contribution < -0.4 is 4.72 Å². The van der Waals surface area contributed by atoms with Crippen LogP contribution in [0.4, 0.5) is 5.69 Å². The van der Waals surface area contributed by atoms with Crippen molar-refractivity contribution in [1.29, 1.82) is 0 Å². The Morgan fingerprint density at radius 1 is 1.00 bits per heavy atom. The molecule has 0 atom stereocenters. The SMILES string of the molecule is Cc1ccc(NS(=O)(=O)c2ccc(CC(C)C)cc2)c(C)c1. The Morgan fingerprint density at radius 3 is 2.18 bits per heavy atom. The lowest BCUT2D eigenvalue weighted by Gasteiger charge is -2.12. The molecule has 118 valence electrons. The predicted octanol–water partition coefficient (Wildman–Crippen LogP) is 4.30. The monoisotopic (exact) mass is 317 g/mol. The molecule has 0 heterocycles. The zero-order valence-electron chi connectivity index (χ0n) is 13.6. The smallest absolute Gasteiger partial charge is 0.261 e. The van der Waals surface area contributed by atoms with Crippen LogP contribution >= 0.6 is 0 Å². The first-order chi connectivity index (χ1) is 10.3. The summed E-state index contributed by atoms with van der Waals surface area (Å²) in [5, 5.41) is 0. The lowest BCUT2D eigenvalue weighted by atomic mass is 10.0. The number of nitrogens with one attached hydrogen (secondary N) is 1. The average Bonchev–Trinajstić information content (AvgIpc) is 2.42. The Bertz CT molecular complexity index is 747. The molecular weight excluding hydrogens is 294 g/mol. The van der Waals surface area contributed by atoms with Crippen molar-refractivity contribution in [3.8, 4) is 0 Å². The Hall–Kier alpha value is -1.81. The van der Waals surface area contributed by atoms with E-state index in [1.807, 2.05) is 38.1 Å². The van der Waals surface area contributed by atoms with E-state index in [-0.39, 0.29) is 0 Å². The first-order valence-electron chi connectivity index (χ1n) is 7.47. The van der Waals surface area contributed by atoms with Crippen LogP contribution in [0.15, 0.2) is 47.4 Å². The highest BCUT2D eigenvalue weighted by molar-refractivity contribution is 7.92. The van der Waals surface area contributed by atoms with Gasteiger partial charge in [-0.2, -0.15) is 0 Å². The summed E-state index contributed by atoms with van der Waals surface area (Å²) in [6, 6.07) is 12.8. The van der Waals surface area contributed by atoms with E-state index in [0.717, 1.165) is 23.1 Å². The molecule has 2 rings (SSSR count). The lowest BCUT2D eigenvalue weighted by molar-refractivity contribution is 0.601. The second-order valence-corrected chi connectivity index (χ2v) is 7.85. The van der Waals surface area contributed by atoms with Crippen molar-refractivity contribution >= 4 is 15.7 Å². The molecule has 0 aliphatic rings. The van der Waals surface area contributed by atoms with Crippen LogP contribution in [0, 0.1) is 19.8 Å². The molecule has 0 aromatic heterocycles. The summed E-state index contributed by atoms with van der Waals surface area (Å²) in [4.78, 5) is 0.292. The third-order valence-electron chi connectivity index (χ3n) is 3.50. The highest BCUT2D eigenvalue weighted by Crippen LogP contribution is 2.21. The van der Waals surface area contributed by atoms with E-state index in [1.54, 1.807) is 18.2 Å². The first kappa shape index (κ1) is 16.6. The van der Waals surface area contributed by atoms with E-state index in [0.29, 0.717) is 16.5 Å². The number of hydrogen-bond donors (Lipinski definition) is 1. The van der Waals surface area contributed by atoms with Gasteiger partial charge >= 0.3 is 0 Å². The van der Waals surface area contributed by atoms with Gasteiger partial charge in [0.05, 0.1) is 10.6 Å². The Balaban J connectivity index is 2.23. The maximum Gasteiger partial charge on any atom is 0.261 e. The maximum absolute atomic E-state index is 12.5. The van der Waals surface area contributed by atoms with Crippen LogP contribution in [0.5, 0.6) is 0 Å². The molecule has 2 aromatic rings. The van der Waals surface area contributed by atoms with Crippen LogP contribution in [0.1, 0.15) is 30.5 Å². The number of hydrogen-bond acceptors (Lipinski definition) is 2. The van der Waals surface area contributed by atoms with Crippen molar-refractivity contribution in [3.05, 3.63) is 59.2 Å². The van der Waals surface area contributed by atoms with E-state index in [1.165, 1.54) is 0 Å². The molecule has 0 aliphatic heterocycles. The summed E-state index contributed by atoms with van der Waals surface area (Å²) in [7, 11) is -3.54. The first-order valence-corrected chi connectivity index (χ1v) is 8.95. The normalized spacial score (nSPS) is 11.7. The third kappa shape index (κ3) is 4.10. The number of benzene rings is 2. The fourth-order valence-electron chi connectivity index (χ4n) is 2.41. The summed E-state index contributed by atoms with van der Waals surface area (Å²) in [5.41, 5.74) is 3.80. The molecule has 22 heavy (non-hydrogen) atoms.